The maximum absolute atomic E-state index is 6.31. The Morgan fingerprint density at radius 1 is 1.20 bits per heavy atom. The van der Waals surface area contributed by atoms with E-state index in [1.165, 1.54) is 25.7 Å². The smallest absolute Gasteiger partial charge is 0.137 e. The van der Waals surface area contributed by atoms with Gasteiger partial charge >= 0.3 is 0 Å². The zero-order valence-corrected chi connectivity index (χ0v) is 14.1. The third-order valence-electron chi connectivity index (χ3n) is 4.10. The van der Waals surface area contributed by atoms with Crippen LogP contribution in [-0.2, 0) is 5.41 Å². The zero-order valence-electron chi connectivity index (χ0n) is 13.3. The van der Waals surface area contributed by atoms with Crippen molar-refractivity contribution in [1.29, 1.82) is 0 Å². The van der Waals surface area contributed by atoms with Crippen LogP contribution in [0.5, 0.6) is 0 Å². The molecule has 0 radical (unpaired) electrons. The molecule has 4 heteroatoms. The van der Waals surface area contributed by atoms with Gasteiger partial charge in [-0.2, -0.15) is 0 Å². The Balaban J connectivity index is 2.27. The van der Waals surface area contributed by atoms with Crippen molar-refractivity contribution in [3.05, 3.63) is 16.5 Å². The van der Waals surface area contributed by atoms with E-state index in [4.69, 9.17) is 16.6 Å². The SMILES string of the molecule is Cc1c(Cl)nc(C(C)(C)C)nc1N(C)CC1CCCC1. The molecule has 1 heterocycles. The molecule has 1 aromatic rings. The Hall–Kier alpha value is -0.830. The number of aromatic nitrogens is 2. The van der Waals surface area contributed by atoms with Crippen molar-refractivity contribution >= 4 is 17.4 Å². The van der Waals surface area contributed by atoms with Crippen LogP contribution in [0.1, 0.15) is 57.8 Å². The van der Waals surface area contributed by atoms with Crippen molar-refractivity contribution in [3.63, 3.8) is 0 Å². The molecule has 0 amide bonds. The van der Waals surface area contributed by atoms with Crippen LogP contribution in [0, 0.1) is 12.8 Å². The molecule has 0 aromatic carbocycles. The molecule has 1 saturated carbocycles. The van der Waals surface area contributed by atoms with E-state index in [1.54, 1.807) is 0 Å². The second kappa shape index (κ2) is 5.88. The average Bonchev–Trinajstić information content (AvgIpc) is 2.83. The summed E-state index contributed by atoms with van der Waals surface area (Å²) in [5, 5.41) is 0.582. The van der Waals surface area contributed by atoms with Crippen LogP contribution in [0.3, 0.4) is 0 Å². The van der Waals surface area contributed by atoms with Crippen LogP contribution in [-0.4, -0.2) is 23.6 Å². The Morgan fingerprint density at radius 3 is 2.35 bits per heavy atom. The maximum atomic E-state index is 6.31. The summed E-state index contributed by atoms with van der Waals surface area (Å²) in [5.41, 5.74) is 0.903. The van der Waals surface area contributed by atoms with E-state index in [0.717, 1.165) is 29.7 Å². The van der Waals surface area contributed by atoms with Crippen molar-refractivity contribution in [2.45, 2.75) is 58.8 Å². The van der Waals surface area contributed by atoms with Gasteiger partial charge < -0.3 is 4.90 Å². The molecule has 0 unspecified atom stereocenters. The van der Waals surface area contributed by atoms with Crippen LogP contribution in [0.25, 0.3) is 0 Å². The molecule has 0 aliphatic heterocycles. The quantitative estimate of drug-likeness (QED) is 0.776. The highest BCUT2D eigenvalue weighted by Crippen LogP contribution is 2.30. The monoisotopic (exact) mass is 295 g/mol. The summed E-state index contributed by atoms with van der Waals surface area (Å²) in [5.74, 6) is 2.61. The average molecular weight is 296 g/mol. The number of halogens is 1. The first-order valence-corrected chi connectivity index (χ1v) is 7.92. The van der Waals surface area contributed by atoms with Gasteiger partial charge in [0.2, 0.25) is 0 Å². The lowest BCUT2D eigenvalue weighted by Gasteiger charge is -2.26. The van der Waals surface area contributed by atoms with Gasteiger partial charge in [0.15, 0.2) is 0 Å². The fraction of sp³-hybridized carbons (Fsp3) is 0.750. The molecule has 0 saturated heterocycles. The third kappa shape index (κ3) is 3.43. The van der Waals surface area contributed by atoms with Crippen LogP contribution >= 0.6 is 11.6 Å². The van der Waals surface area contributed by atoms with E-state index in [0.29, 0.717) is 5.15 Å². The molecule has 1 aliphatic rings. The lowest BCUT2D eigenvalue weighted by molar-refractivity contribution is 0.530. The standard InChI is InChI=1S/C16H26ClN3/c1-11-13(17)18-15(16(2,3)4)19-14(11)20(5)10-12-8-6-7-9-12/h12H,6-10H2,1-5H3. The fourth-order valence-electron chi connectivity index (χ4n) is 2.85. The molecule has 0 N–H and O–H groups in total. The van der Waals surface area contributed by atoms with Gasteiger partial charge in [0.1, 0.15) is 16.8 Å². The van der Waals surface area contributed by atoms with E-state index < -0.39 is 0 Å². The third-order valence-corrected chi connectivity index (χ3v) is 4.47. The minimum Gasteiger partial charge on any atom is -0.359 e. The van der Waals surface area contributed by atoms with Crippen molar-refractivity contribution in [2.75, 3.05) is 18.5 Å². The minimum atomic E-state index is -0.0830. The highest BCUT2D eigenvalue weighted by molar-refractivity contribution is 6.30. The molecule has 1 fully saturated rings. The highest BCUT2D eigenvalue weighted by atomic mass is 35.5. The van der Waals surface area contributed by atoms with Crippen molar-refractivity contribution < 1.29 is 0 Å². The zero-order chi connectivity index (χ0) is 14.9. The lowest BCUT2D eigenvalue weighted by Crippen LogP contribution is -2.27. The van der Waals surface area contributed by atoms with Crippen molar-refractivity contribution in [1.82, 2.24) is 9.97 Å². The van der Waals surface area contributed by atoms with Crippen LogP contribution in [0.15, 0.2) is 0 Å². The molecule has 1 aliphatic carbocycles. The van der Waals surface area contributed by atoms with E-state index in [2.05, 4.69) is 37.7 Å². The Labute approximate surface area is 127 Å². The van der Waals surface area contributed by atoms with Gasteiger partial charge in [-0.15, -0.1) is 0 Å². The van der Waals surface area contributed by atoms with E-state index in [-0.39, 0.29) is 5.41 Å². The molecule has 0 spiro atoms. The second-order valence-corrected chi connectivity index (χ2v) is 7.43. The molecular weight excluding hydrogens is 270 g/mol. The summed E-state index contributed by atoms with van der Waals surface area (Å²) >= 11 is 6.31. The molecule has 20 heavy (non-hydrogen) atoms. The Kier molecular flexibility index (Phi) is 4.58. The van der Waals surface area contributed by atoms with Crippen LogP contribution in [0.2, 0.25) is 5.15 Å². The summed E-state index contributed by atoms with van der Waals surface area (Å²) in [4.78, 5) is 11.5. The van der Waals surface area contributed by atoms with Crippen LogP contribution < -0.4 is 4.90 Å². The van der Waals surface area contributed by atoms with Gasteiger partial charge in [0.25, 0.3) is 0 Å². The molecule has 2 rings (SSSR count). The Bertz CT molecular complexity index is 473. The topological polar surface area (TPSA) is 29.0 Å². The summed E-state index contributed by atoms with van der Waals surface area (Å²) in [6, 6.07) is 0. The number of hydrogen-bond donors (Lipinski definition) is 0. The molecule has 0 atom stereocenters. The summed E-state index contributed by atoms with van der Waals surface area (Å²) in [6.45, 7) is 9.44. The number of nitrogens with zero attached hydrogens (tertiary/aromatic N) is 3. The van der Waals surface area contributed by atoms with Gasteiger partial charge in [0.05, 0.1) is 0 Å². The molecule has 112 valence electrons. The number of hydrogen-bond acceptors (Lipinski definition) is 3. The van der Waals surface area contributed by atoms with Gasteiger partial charge in [-0.3, -0.25) is 0 Å². The normalized spacial score (nSPS) is 16.7. The summed E-state index contributed by atoms with van der Waals surface area (Å²) < 4.78 is 0. The van der Waals surface area contributed by atoms with Crippen molar-refractivity contribution in [2.24, 2.45) is 5.92 Å². The Morgan fingerprint density at radius 2 is 1.80 bits per heavy atom. The van der Waals surface area contributed by atoms with Gasteiger partial charge in [0, 0.05) is 24.6 Å². The van der Waals surface area contributed by atoms with E-state index in [9.17, 15) is 0 Å². The number of rotatable bonds is 3. The number of anilines is 1. The first-order chi connectivity index (χ1) is 9.29. The lowest BCUT2D eigenvalue weighted by atomic mass is 9.95. The summed E-state index contributed by atoms with van der Waals surface area (Å²) in [6.07, 6.45) is 5.42. The molecular formula is C16H26ClN3. The van der Waals surface area contributed by atoms with Gasteiger partial charge in [-0.05, 0) is 25.7 Å². The van der Waals surface area contributed by atoms with E-state index in [1.807, 2.05) is 6.92 Å². The van der Waals surface area contributed by atoms with Crippen LogP contribution in [0.4, 0.5) is 5.82 Å². The largest absolute Gasteiger partial charge is 0.359 e. The van der Waals surface area contributed by atoms with Gasteiger partial charge in [-0.1, -0.05) is 45.2 Å². The predicted octanol–water partition coefficient (Wildman–Crippen LogP) is 4.36. The fourth-order valence-corrected chi connectivity index (χ4v) is 3.02. The summed E-state index contributed by atoms with van der Waals surface area (Å²) in [7, 11) is 2.12. The minimum absolute atomic E-state index is 0.0830. The first-order valence-electron chi connectivity index (χ1n) is 7.55. The second-order valence-electron chi connectivity index (χ2n) is 7.07. The van der Waals surface area contributed by atoms with Gasteiger partial charge in [-0.25, -0.2) is 9.97 Å². The van der Waals surface area contributed by atoms with E-state index >= 15 is 0 Å². The molecule has 0 bridgehead atoms. The highest BCUT2D eigenvalue weighted by Gasteiger charge is 2.23. The first kappa shape index (κ1) is 15.6. The molecule has 3 nitrogen and oxygen atoms in total. The van der Waals surface area contributed by atoms with Crippen molar-refractivity contribution in [3.8, 4) is 0 Å². The molecule has 1 aromatic heterocycles. The predicted molar refractivity (Wildman–Crippen MR) is 85.7 cm³/mol. The maximum Gasteiger partial charge on any atom is 0.137 e.